The number of piperidine rings is 1. The van der Waals surface area contributed by atoms with Crippen molar-refractivity contribution in [1.29, 1.82) is 0 Å². The van der Waals surface area contributed by atoms with Gasteiger partial charge in [-0.2, -0.15) is 4.37 Å². The van der Waals surface area contributed by atoms with Gasteiger partial charge in [-0.25, -0.2) is 13.4 Å². The Balaban J connectivity index is 1.50. The number of rotatable bonds is 4. The van der Waals surface area contributed by atoms with Crippen molar-refractivity contribution in [2.75, 3.05) is 29.5 Å². The van der Waals surface area contributed by atoms with Gasteiger partial charge in [0.25, 0.3) is 0 Å². The van der Waals surface area contributed by atoms with E-state index in [2.05, 4.69) is 33.4 Å². The van der Waals surface area contributed by atoms with Gasteiger partial charge in [0.2, 0.25) is 5.13 Å². The number of anilines is 1. The zero-order chi connectivity index (χ0) is 15.7. The smallest absolute Gasteiger partial charge is 0.205 e. The average Bonchev–Trinajstić information content (AvgIpc) is 3.07. The molecular formula is C14H24N4O2S2. The minimum atomic E-state index is -2.79. The zero-order valence-electron chi connectivity index (χ0n) is 13.2. The SMILES string of the molecule is CC(C)c1nsc(N2CCC(N[C@@H]3CCS(=O)(=O)C3)CC2)n1. The lowest BCUT2D eigenvalue weighted by Crippen LogP contribution is -2.46. The van der Waals surface area contributed by atoms with Gasteiger partial charge in [-0.15, -0.1) is 0 Å². The van der Waals surface area contributed by atoms with E-state index < -0.39 is 9.84 Å². The van der Waals surface area contributed by atoms with Crippen molar-refractivity contribution in [2.24, 2.45) is 0 Å². The van der Waals surface area contributed by atoms with E-state index in [4.69, 9.17) is 0 Å². The Labute approximate surface area is 136 Å². The molecule has 0 unspecified atom stereocenters. The maximum absolute atomic E-state index is 11.5. The minimum absolute atomic E-state index is 0.149. The fourth-order valence-electron chi connectivity index (χ4n) is 3.09. The highest BCUT2D eigenvalue weighted by atomic mass is 32.2. The molecule has 1 aromatic rings. The summed E-state index contributed by atoms with van der Waals surface area (Å²) >= 11 is 1.48. The van der Waals surface area contributed by atoms with Crippen molar-refractivity contribution >= 4 is 26.5 Å². The van der Waals surface area contributed by atoms with Gasteiger partial charge >= 0.3 is 0 Å². The predicted octanol–water partition coefficient (Wildman–Crippen LogP) is 1.41. The van der Waals surface area contributed by atoms with Crippen LogP contribution in [0.1, 0.15) is 44.9 Å². The molecule has 0 saturated carbocycles. The molecule has 0 aromatic carbocycles. The Kier molecular flexibility index (Phi) is 4.70. The highest BCUT2D eigenvalue weighted by Crippen LogP contribution is 2.25. The molecule has 0 spiro atoms. The monoisotopic (exact) mass is 344 g/mol. The minimum Gasteiger partial charge on any atom is -0.347 e. The van der Waals surface area contributed by atoms with E-state index in [0.717, 1.165) is 43.3 Å². The van der Waals surface area contributed by atoms with E-state index in [-0.39, 0.29) is 6.04 Å². The Hall–Kier alpha value is -0.730. The molecule has 6 nitrogen and oxygen atoms in total. The lowest BCUT2D eigenvalue weighted by Gasteiger charge is -2.33. The molecular weight excluding hydrogens is 320 g/mol. The molecule has 0 radical (unpaired) electrons. The van der Waals surface area contributed by atoms with Crippen LogP contribution in [0.25, 0.3) is 0 Å². The summed E-state index contributed by atoms with van der Waals surface area (Å²) in [6, 6.07) is 0.572. The normalized spacial score (nSPS) is 26.0. The first-order valence-electron chi connectivity index (χ1n) is 7.98. The number of aromatic nitrogens is 2. The summed E-state index contributed by atoms with van der Waals surface area (Å²) in [5.74, 6) is 1.94. The Morgan fingerprint density at radius 3 is 2.50 bits per heavy atom. The summed E-state index contributed by atoms with van der Waals surface area (Å²) in [6.07, 6.45) is 2.83. The van der Waals surface area contributed by atoms with Gasteiger partial charge in [0.05, 0.1) is 11.5 Å². The highest BCUT2D eigenvalue weighted by Gasteiger charge is 2.30. The molecule has 2 fully saturated rings. The first-order valence-corrected chi connectivity index (χ1v) is 10.6. The number of hydrogen-bond donors (Lipinski definition) is 1. The van der Waals surface area contributed by atoms with Crippen LogP contribution in [0.15, 0.2) is 0 Å². The molecule has 1 aromatic heterocycles. The molecule has 22 heavy (non-hydrogen) atoms. The molecule has 1 atom stereocenters. The maximum Gasteiger partial charge on any atom is 0.205 e. The Morgan fingerprint density at radius 1 is 1.23 bits per heavy atom. The summed E-state index contributed by atoms with van der Waals surface area (Å²) in [6.45, 7) is 6.14. The first-order chi connectivity index (χ1) is 10.4. The third-order valence-corrected chi connectivity index (χ3v) is 6.98. The second-order valence-corrected chi connectivity index (χ2v) is 9.58. The van der Waals surface area contributed by atoms with Crippen LogP contribution in [0.5, 0.6) is 0 Å². The van der Waals surface area contributed by atoms with Gasteiger partial charge in [0.15, 0.2) is 9.84 Å². The van der Waals surface area contributed by atoms with Gasteiger partial charge in [0.1, 0.15) is 5.82 Å². The van der Waals surface area contributed by atoms with Crippen LogP contribution in [-0.4, -0.2) is 54.5 Å². The van der Waals surface area contributed by atoms with Gasteiger partial charge in [0, 0.05) is 42.6 Å². The van der Waals surface area contributed by atoms with Gasteiger partial charge in [-0.3, -0.25) is 0 Å². The quantitative estimate of drug-likeness (QED) is 0.890. The van der Waals surface area contributed by atoms with E-state index >= 15 is 0 Å². The van der Waals surface area contributed by atoms with Crippen molar-refractivity contribution < 1.29 is 8.42 Å². The van der Waals surface area contributed by atoms with E-state index in [9.17, 15) is 8.42 Å². The molecule has 2 saturated heterocycles. The number of sulfone groups is 1. The molecule has 124 valence electrons. The lowest BCUT2D eigenvalue weighted by molar-refractivity contribution is 0.378. The van der Waals surface area contributed by atoms with E-state index in [1.807, 2.05) is 0 Å². The Morgan fingerprint density at radius 2 is 1.95 bits per heavy atom. The second-order valence-electron chi connectivity index (χ2n) is 6.62. The van der Waals surface area contributed by atoms with Crippen molar-refractivity contribution in [2.45, 2.75) is 51.1 Å². The first kappa shape index (κ1) is 16.1. The van der Waals surface area contributed by atoms with Crippen LogP contribution in [0.2, 0.25) is 0 Å². The van der Waals surface area contributed by atoms with Crippen LogP contribution in [-0.2, 0) is 9.84 Å². The summed E-state index contributed by atoms with van der Waals surface area (Å²) in [7, 11) is -2.79. The van der Waals surface area contributed by atoms with Crippen LogP contribution in [0.3, 0.4) is 0 Å². The third-order valence-electron chi connectivity index (χ3n) is 4.42. The van der Waals surface area contributed by atoms with Crippen molar-refractivity contribution in [1.82, 2.24) is 14.7 Å². The van der Waals surface area contributed by atoms with Crippen molar-refractivity contribution in [3.63, 3.8) is 0 Å². The standard InChI is InChI=1S/C14H24N4O2S2/c1-10(2)13-16-14(21-17-13)18-6-3-11(4-7-18)15-12-5-8-22(19,20)9-12/h10-12,15H,3-9H2,1-2H3/t12-/m1/s1. The van der Waals surface area contributed by atoms with Crippen LogP contribution in [0.4, 0.5) is 5.13 Å². The van der Waals surface area contributed by atoms with Crippen molar-refractivity contribution in [3.8, 4) is 0 Å². The third kappa shape index (κ3) is 3.78. The highest BCUT2D eigenvalue weighted by molar-refractivity contribution is 7.91. The zero-order valence-corrected chi connectivity index (χ0v) is 14.8. The largest absolute Gasteiger partial charge is 0.347 e. The van der Waals surface area contributed by atoms with Gasteiger partial charge < -0.3 is 10.2 Å². The number of nitrogens with one attached hydrogen (secondary N) is 1. The molecule has 3 heterocycles. The molecule has 0 bridgehead atoms. The predicted molar refractivity (Wildman–Crippen MR) is 89.4 cm³/mol. The summed E-state index contributed by atoms with van der Waals surface area (Å²) in [5.41, 5.74) is 0. The molecule has 8 heteroatoms. The van der Waals surface area contributed by atoms with E-state index in [0.29, 0.717) is 23.5 Å². The van der Waals surface area contributed by atoms with Gasteiger partial charge in [-0.05, 0) is 19.3 Å². The number of nitrogens with zero attached hydrogens (tertiary/aromatic N) is 3. The van der Waals surface area contributed by atoms with Crippen LogP contribution in [0, 0.1) is 0 Å². The van der Waals surface area contributed by atoms with Gasteiger partial charge in [-0.1, -0.05) is 13.8 Å². The second kappa shape index (κ2) is 6.41. The topological polar surface area (TPSA) is 75.2 Å². The fraction of sp³-hybridized carbons (Fsp3) is 0.857. The molecule has 3 rings (SSSR count). The molecule has 0 amide bonds. The van der Waals surface area contributed by atoms with Crippen LogP contribution < -0.4 is 10.2 Å². The number of hydrogen-bond acceptors (Lipinski definition) is 7. The Bertz CT molecular complexity index is 606. The van der Waals surface area contributed by atoms with Crippen molar-refractivity contribution in [3.05, 3.63) is 5.82 Å². The molecule has 2 aliphatic heterocycles. The van der Waals surface area contributed by atoms with E-state index in [1.165, 1.54) is 11.5 Å². The summed E-state index contributed by atoms with van der Waals surface area (Å²) in [4.78, 5) is 6.91. The average molecular weight is 345 g/mol. The summed E-state index contributed by atoms with van der Waals surface area (Å²) in [5, 5.41) is 4.55. The maximum atomic E-state index is 11.5. The van der Waals surface area contributed by atoms with Crippen LogP contribution >= 0.6 is 11.5 Å². The lowest BCUT2D eigenvalue weighted by atomic mass is 10.0. The molecule has 1 N–H and O–H groups in total. The fourth-order valence-corrected chi connectivity index (χ4v) is 5.63. The molecule has 0 aliphatic carbocycles. The summed E-state index contributed by atoms with van der Waals surface area (Å²) < 4.78 is 27.4. The molecule has 2 aliphatic rings. The van der Waals surface area contributed by atoms with E-state index in [1.54, 1.807) is 0 Å².